The molecular formula is C13H14N2O3S. The van der Waals surface area contributed by atoms with Crippen LogP contribution in [-0.4, -0.2) is 29.7 Å². The fraction of sp³-hybridized carbons (Fsp3) is 0.231. The van der Waals surface area contributed by atoms with Gasteiger partial charge in [0.1, 0.15) is 11.5 Å². The first-order valence-corrected chi connectivity index (χ1v) is 6.67. The van der Waals surface area contributed by atoms with Gasteiger partial charge in [0.15, 0.2) is 0 Å². The van der Waals surface area contributed by atoms with Crippen molar-refractivity contribution in [3.63, 3.8) is 0 Å². The average Bonchev–Trinajstić information content (AvgIpc) is 2.91. The molecule has 0 fully saturated rings. The number of phenolic OH excluding ortho intramolecular Hbond substituents is 1. The second-order valence-corrected chi connectivity index (χ2v) is 4.59. The lowest BCUT2D eigenvalue weighted by Gasteiger charge is -2.07. The van der Waals surface area contributed by atoms with Gasteiger partial charge in [-0.2, -0.15) is 0 Å². The Hall–Kier alpha value is -2.08. The predicted octanol–water partition coefficient (Wildman–Crippen LogP) is 1.83. The smallest absolute Gasteiger partial charge is 0.255 e. The third-order valence-corrected chi connectivity index (χ3v) is 3.23. The second kappa shape index (κ2) is 6.19. The van der Waals surface area contributed by atoms with E-state index < -0.39 is 0 Å². The number of carbonyl (C=O) groups excluding carboxylic acids is 1. The largest absolute Gasteiger partial charge is 0.507 e. The maximum atomic E-state index is 11.9. The second-order valence-electron chi connectivity index (χ2n) is 3.87. The van der Waals surface area contributed by atoms with Crippen molar-refractivity contribution in [2.75, 3.05) is 13.7 Å². The maximum Gasteiger partial charge on any atom is 0.255 e. The van der Waals surface area contributed by atoms with Crippen LogP contribution in [0.1, 0.15) is 16.1 Å². The van der Waals surface area contributed by atoms with Gasteiger partial charge >= 0.3 is 0 Å². The molecule has 0 radical (unpaired) electrons. The minimum absolute atomic E-state index is 0.0921. The molecule has 0 saturated carbocycles. The molecule has 1 heterocycles. The van der Waals surface area contributed by atoms with Crippen LogP contribution in [0.15, 0.2) is 29.1 Å². The van der Waals surface area contributed by atoms with Crippen molar-refractivity contribution in [1.29, 1.82) is 0 Å². The standard InChI is InChI=1S/C13H14N2O3S/c1-18-10-2-3-11(12(16)6-10)13(17)14-5-4-9-7-19-8-15-9/h2-3,6-8,16H,4-5H2,1H3,(H,14,17). The Bertz CT molecular complexity index is 555. The van der Waals surface area contributed by atoms with Gasteiger partial charge in [-0.3, -0.25) is 4.79 Å². The van der Waals surface area contributed by atoms with Crippen molar-refractivity contribution in [3.8, 4) is 11.5 Å². The number of phenols is 1. The zero-order valence-corrected chi connectivity index (χ0v) is 11.2. The summed E-state index contributed by atoms with van der Waals surface area (Å²) in [5.41, 5.74) is 2.94. The molecule has 0 atom stereocenters. The number of hydrogen-bond donors (Lipinski definition) is 2. The molecule has 0 unspecified atom stereocenters. The monoisotopic (exact) mass is 278 g/mol. The van der Waals surface area contributed by atoms with Crippen LogP contribution in [0.25, 0.3) is 0 Å². The van der Waals surface area contributed by atoms with E-state index in [-0.39, 0.29) is 17.2 Å². The van der Waals surface area contributed by atoms with Gasteiger partial charge in [0.25, 0.3) is 5.91 Å². The van der Waals surface area contributed by atoms with Gasteiger partial charge in [-0.15, -0.1) is 11.3 Å². The number of methoxy groups -OCH3 is 1. The van der Waals surface area contributed by atoms with Gasteiger partial charge in [-0.1, -0.05) is 0 Å². The molecule has 2 aromatic rings. The van der Waals surface area contributed by atoms with Crippen molar-refractivity contribution in [1.82, 2.24) is 10.3 Å². The van der Waals surface area contributed by atoms with Crippen molar-refractivity contribution in [2.45, 2.75) is 6.42 Å². The molecule has 2 N–H and O–H groups in total. The summed E-state index contributed by atoms with van der Waals surface area (Å²) in [6, 6.07) is 4.58. The summed E-state index contributed by atoms with van der Waals surface area (Å²) in [6.45, 7) is 0.480. The van der Waals surface area contributed by atoms with E-state index in [1.165, 1.54) is 30.6 Å². The molecule has 1 aromatic heterocycles. The normalized spacial score (nSPS) is 10.2. The molecule has 0 aliphatic carbocycles. The topological polar surface area (TPSA) is 71.5 Å². The lowest BCUT2D eigenvalue weighted by atomic mass is 10.1. The number of amides is 1. The van der Waals surface area contributed by atoms with Gasteiger partial charge in [0.05, 0.1) is 23.9 Å². The van der Waals surface area contributed by atoms with Crippen LogP contribution in [0.3, 0.4) is 0 Å². The maximum absolute atomic E-state index is 11.9. The van der Waals surface area contributed by atoms with E-state index in [1.54, 1.807) is 11.6 Å². The van der Waals surface area contributed by atoms with Gasteiger partial charge in [0, 0.05) is 24.4 Å². The first-order chi connectivity index (χ1) is 9.20. The van der Waals surface area contributed by atoms with E-state index in [1.807, 2.05) is 5.38 Å². The van der Waals surface area contributed by atoms with Crippen molar-refractivity contribution in [2.24, 2.45) is 0 Å². The lowest BCUT2D eigenvalue weighted by molar-refractivity contribution is 0.0951. The summed E-state index contributed by atoms with van der Waals surface area (Å²) in [7, 11) is 1.50. The number of aromatic nitrogens is 1. The van der Waals surface area contributed by atoms with Gasteiger partial charge < -0.3 is 15.2 Å². The molecule has 0 aliphatic heterocycles. The van der Waals surface area contributed by atoms with Crippen LogP contribution < -0.4 is 10.1 Å². The zero-order valence-electron chi connectivity index (χ0n) is 10.4. The lowest BCUT2D eigenvalue weighted by Crippen LogP contribution is -2.25. The molecule has 0 spiro atoms. The van der Waals surface area contributed by atoms with Crippen LogP contribution >= 0.6 is 11.3 Å². The Morgan fingerprint density at radius 2 is 2.37 bits per heavy atom. The highest BCUT2D eigenvalue weighted by Crippen LogP contribution is 2.23. The highest BCUT2D eigenvalue weighted by molar-refractivity contribution is 7.07. The number of rotatable bonds is 5. The number of thiazole rings is 1. The Morgan fingerprint density at radius 1 is 1.53 bits per heavy atom. The van der Waals surface area contributed by atoms with E-state index >= 15 is 0 Å². The third-order valence-electron chi connectivity index (χ3n) is 2.60. The summed E-state index contributed by atoms with van der Waals surface area (Å²) in [4.78, 5) is 16.0. The number of nitrogens with zero attached hydrogens (tertiary/aromatic N) is 1. The number of ether oxygens (including phenoxy) is 1. The molecular weight excluding hydrogens is 264 g/mol. The highest BCUT2D eigenvalue weighted by atomic mass is 32.1. The van der Waals surface area contributed by atoms with Crippen LogP contribution in [0.4, 0.5) is 0 Å². The zero-order chi connectivity index (χ0) is 13.7. The molecule has 0 bridgehead atoms. The van der Waals surface area contributed by atoms with E-state index in [2.05, 4.69) is 10.3 Å². The summed E-state index contributed by atoms with van der Waals surface area (Å²) in [5.74, 6) is 0.109. The van der Waals surface area contributed by atoms with E-state index in [0.29, 0.717) is 18.7 Å². The molecule has 19 heavy (non-hydrogen) atoms. The molecule has 1 aromatic carbocycles. The highest BCUT2D eigenvalue weighted by Gasteiger charge is 2.11. The van der Waals surface area contributed by atoms with Crippen LogP contribution in [0, 0.1) is 0 Å². The molecule has 0 aliphatic rings. The first-order valence-electron chi connectivity index (χ1n) is 5.73. The van der Waals surface area contributed by atoms with E-state index in [4.69, 9.17) is 4.74 Å². The molecule has 0 saturated heterocycles. The van der Waals surface area contributed by atoms with E-state index in [9.17, 15) is 9.90 Å². The molecule has 6 heteroatoms. The van der Waals surface area contributed by atoms with Gasteiger partial charge in [0.2, 0.25) is 0 Å². The number of benzene rings is 1. The third kappa shape index (κ3) is 3.45. The fourth-order valence-corrected chi connectivity index (χ4v) is 2.18. The number of hydrogen-bond acceptors (Lipinski definition) is 5. The minimum atomic E-state index is -0.310. The van der Waals surface area contributed by atoms with Gasteiger partial charge in [-0.25, -0.2) is 4.98 Å². The quantitative estimate of drug-likeness (QED) is 0.875. The number of nitrogens with one attached hydrogen (secondary N) is 1. The minimum Gasteiger partial charge on any atom is -0.507 e. The number of aromatic hydroxyl groups is 1. The summed E-state index contributed by atoms with van der Waals surface area (Å²) in [6.07, 6.45) is 0.673. The molecule has 2 rings (SSSR count). The summed E-state index contributed by atoms with van der Waals surface area (Å²) < 4.78 is 4.96. The van der Waals surface area contributed by atoms with Crippen molar-refractivity contribution in [3.05, 3.63) is 40.3 Å². The summed E-state index contributed by atoms with van der Waals surface area (Å²) in [5, 5.41) is 14.4. The summed E-state index contributed by atoms with van der Waals surface area (Å²) >= 11 is 1.52. The van der Waals surface area contributed by atoms with Crippen molar-refractivity contribution >= 4 is 17.2 Å². The van der Waals surface area contributed by atoms with Gasteiger partial charge in [-0.05, 0) is 12.1 Å². The predicted molar refractivity (Wildman–Crippen MR) is 72.8 cm³/mol. The Balaban J connectivity index is 1.92. The SMILES string of the molecule is COc1ccc(C(=O)NCCc2cscn2)c(O)c1. The Kier molecular flexibility index (Phi) is 4.35. The molecule has 100 valence electrons. The van der Waals surface area contributed by atoms with Crippen molar-refractivity contribution < 1.29 is 14.6 Å². The fourth-order valence-electron chi connectivity index (χ4n) is 1.59. The Labute approximate surface area is 114 Å². The van der Waals surface area contributed by atoms with Crippen LogP contribution in [-0.2, 0) is 6.42 Å². The average molecular weight is 278 g/mol. The first kappa shape index (κ1) is 13.4. The van der Waals surface area contributed by atoms with E-state index in [0.717, 1.165) is 5.69 Å². The van der Waals surface area contributed by atoms with Crippen LogP contribution in [0.5, 0.6) is 11.5 Å². The number of carbonyl (C=O) groups is 1. The van der Waals surface area contributed by atoms with Crippen LogP contribution in [0.2, 0.25) is 0 Å². The molecule has 5 nitrogen and oxygen atoms in total. The Morgan fingerprint density at radius 3 is 3.00 bits per heavy atom. The molecule has 1 amide bonds.